The molecule has 2 heterocycles. The summed E-state index contributed by atoms with van der Waals surface area (Å²) in [7, 11) is 0. The van der Waals surface area contributed by atoms with Crippen LogP contribution in [0.5, 0.6) is 0 Å². The van der Waals surface area contributed by atoms with Crippen LogP contribution in [-0.4, -0.2) is 9.78 Å². The summed E-state index contributed by atoms with van der Waals surface area (Å²) in [5.41, 5.74) is 2.08. The molecular formula is C11H11N3S. The molecule has 15 heavy (non-hydrogen) atoms. The smallest absolute Gasteiger partial charge is 0.128 e. The second-order valence-corrected chi connectivity index (χ2v) is 4.12. The molecule has 0 saturated carbocycles. The highest BCUT2D eigenvalue weighted by Gasteiger charge is 2.08. The van der Waals surface area contributed by atoms with Gasteiger partial charge < -0.3 is 0 Å². The normalized spacial score (nSPS) is 10.1. The zero-order valence-electron chi connectivity index (χ0n) is 8.47. The van der Waals surface area contributed by atoms with E-state index < -0.39 is 0 Å². The maximum absolute atomic E-state index is 8.67. The zero-order chi connectivity index (χ0) is 10.7. The van der Waals surface area contributed by atoms with Gasteiger partial charge in [-0.05, 0) is 23.9 Å². The minimum atomic E-state index is 0.328. The molecule has 0 N–H and O–H groups in total. The number of aryl methyl sites for hydroxylation is 1. The van der Waals surface area contributed by atoms with E-state index in [1.807, 2.05) is 17.5 Å². The molecule has 3 nitrogen and oxygen atoms in total. The minimum Gasteiger partial charge on any atom is -0.255 e. The first-order valence-electron chi connectivity index (χ1n) is 4.82. The summed E-state index contributed by atoms with van der Waals surface area (Å²) in [6, 6.07) is 8.23. The van der Waals surface area contributed by atoms with E-state index in [1.165, 1.54) is 0 Å². The van der Waals surface area contributed by atoms with Crippen molar-refractivity contribution in [3.8, 4) is 16.6 Å². The molecule has 0 aromatic carbocycles. The number of thiophene rings is 1. The van der Waals surface area contributed by atoms with Crippen LogP contribution in [0.15, 0.2) is 23.6 Å². The standard InChI is InChI=1S/C11H11N3S/c1-2-9-8-10(11-4-3-7-15-11)13-14(9)6-5-12/h3-4,7-8H,2,6H2,1H3. The summed E-state index contributed by atoms with van der Waals surface area (Å²) < 4.78 is 1.77. The highest BCUT2D eigenvalue weighted by atomic mass is 32.1. The van der Waals surface area contributed by atoms with Crippen LogP contribution >= 0.6 is 11.3 Å². The molecule has 0 aliphatic carbocycles. The van der Waals surface area contributed by atoms with Crippen molar-refractivity contribution in [2.45, 2.75) is 19.9 Å². The lowest BCUT2D eigenvalue weighted by molar-refractivity contribution is 0.671. The summed E-state index contributed by atoms with van der Waals surface area (Å²) in [6.45, 7) is 2.40. The molecule has 0 spiro atoms. The van der Waals surface area contributed by atoms with E-state index >= 15 is 0 Å². The van der Waals surface area contributed by atoms with Crippen molar-refractivity contribution in [1.82, 2.24) is 9.78 Å². The first kappa shape index (κ1) is 9.94. The van der Waals surface area contributed by atoms with Crippen LogP contribution in [0.2, 0.25) is 0 Å². The topological polar surface area (TPSA) is 41.6 Å². The predicted octanol–water partition coefficient (Wildman–Crippen LogP) is 2.70. The second-order valence-electron chi connectivity index (χ2n) is 3.17. The van der Waals surface area contributed by atoms with E-state index in [-0.39, 0.29) is 0 Å². The molecule has 0 aliphatic heterocycles. The lowest BCUT2D eigenvalue weighted by Crippen LogP contribution is -2.02. The molecule has 0 amide bonds. The Kier molecular flexibility index (Phi) is 2.84. The highest BCUT2D eigenvalue weighted by Crippen LogP contribution is 2.24. The fourth-order valence-electron chi connectivity index (χ4n) is 1.49. The van der Waals surface area contributed by atoms with Gasteiger partial charge in [-0.3, -0.25) is 4.68 Å². The first-order chi connectivity index (χ1) is 7.35. The molecule has 2 aromatic heterocycles. The van der Waals surface area contributed by atoms with Crippen molar-refractivity contribution in [2.75, 3.05) is 0 Å². The summed E-state index contributed by atoms with van der Waals surface area (Å²) in [6.07, 6.45) is 0.903. The predicted molar refractivity (Wildman–Crippen MR) is 60.5 cm³/mol. The van der Waals surface area contributed by atoms with E-state index in [9.17, 15) is 0 Å². The minimum absolute atomic E-state index is 0.328. The molecular weight excluding hydrogens is 206 g/mol. The number of hydrogen-bond acceptors (Lipinski definition) is 3. The Labute approximate surface area is 92.6 Å². The molecule has 0 aliphatic rings. The van der Waals surface area contributed by atoms with Gasteiger partial charge in [-0.15, -0.1) is 11.3 Å². The first-order valence-corrected chi connectivity index (χ1v) is 5.70. The molecule has 0 fully saturated rings. The van der Waals surface area contributed by atoms with Gasteiger partial charge in [0, 0.05) is 5.69 Å². The maximum atomic E-state index is 8.67. The number of nitrogens with zero attached hydrogens (tertiary/aromatic N) is 3. The van der Waals surface area contributed by atoms with Gasteiger partial charge in [-0.1, -0.05) is 13.0 Å². The molecule has 76 valence electrons. The van der Waals surface area contributed by atoms with Crippen molar-refractivity contribution in [2.24, 2.45) is 0 Å². The average molecular weight is 217 g/mol. The van der Waals surface area contributed by atoms with E-state index in [0.29, 0.717) is 6.54 Å². The largest absolute Gasteiger partial charge is 0.255 e. The van der Waals surface area contributed by atoms with Crippen LogP contribution in [0.25, 0.3) is 10.6 Å². The Morgan fingerprint density at radius 3 is 3.07 bits per heavy atom. The Bertz CT molecular complexity index is 476. The van der Waals surface area contributed by atoms with Crippen molar-refractivity contribution < 1.29 is 0 Å². The quantitative estimate of drug-likeness (QED) is 0.793. The summed E-state index contributed by atoms with van der Waals surface area (Å²) in [5.74, 6) is 0. The molecule has 4 heteroatoms. The number of nitriles is 1. The third kappa shape index (κ3) is 1.92. The Morgan fingerprint density at radius 1 is 1.60 bits per heavy atom. The van der Waals surface area contributed by atoms with Crippen molar-refractivity contribution in [3.05, 3.63) is 29.3 Å². The van der Waals surface area contributed by atoms with Gasteiger partial charge in [-0.2, -0.15) is 10.4 Å². The molecule has 0 bridgehead atoms. The Morgan fingerprint density at radius 2 is 2.47 bits per heavy atom. The summed E-state index contributed by atoms with van der Waals surface area (Å²) >= 11 is 1.67. The van der Waals surface area contributed by atoms with Crippen molar-refractivity contribution in [3.63, 3.8) is 0 Å². The number of hydrogen-bond donors (Lipinski definition) is 0. The molecule has 2 aromatic rings. The monoisotopic (exact) mass is 217 g/mol. The maximum Gasteiger partial charge on any atom is 0.128 e. The Hall–Kier alpha value is -1.60. The molecule has 0 unspecified atom stereocenters. The van der Waals surface area contributed by atoms with Crippen molar-refractivity contribution >= 4 is 11.3 Å². The van der Waals surface area contributed by atoms with Gasteiger partial charge in [0.1, 0.15) is 12.2 Å². The SMILES string of the molecule is CCc1cc(-c2cccs2)nn1CC#N. The lowest BCUT2D eigenvalue weighted by Gasteiger charge is -1.97. The fourth-order valence-corrected chi connectivity index (χ4v) is 2.17. The van der Waals surface area contributed by atoms with Crippen molar-refractivity contribution in [1.29, 1.82) is 5.26 Å². The summed E-state index contributed by atoms with van der Waals surface area (Å²) in [4.78, 5) is 1.15. The van der Waals surface area contributed by atoms with Gasteiger partial charge in [0.15, 0.2) is 0 Å². The van der Waals surface area contributed by atoms with Crippen LogP contribution in [0.4, 0.5) is 0 Å². The summed E-state index contributed by atoms with van der Waals surface area (Å²) in [5, 5.41) is 15.1. The van der Waals surface area contributed by atoms with Crippen LogP contribution in [0.1, 0.15) is 12.6 Å². The third-order valence-corrected chi connectivity index (χ3v) is 3.11. The molecule has 0 radical (unpaired) electrons. The number of rotatable bonds is 3. The van der Waals surface area contributed by atoms with Gasteiger partial charge in [0.25, 0.3) is 0 Å². The van der Waals surface area contributed by atoms with E-state index in [4.69, 9.17) is 5.26 Å². The van der Waals surface area contributed by atoms with Gasteiger partial charge in [0.2, 0.25) is 0 Å². The van der Waals surface area contributed by atoms with E-state index in [2.05, 4.69) is 24.2 Å². The van der Waals surface area contributed by atoms with E-state index in [1.54, 1.807) is 16.0 Å². The number of aromatic nitrogens is 2. The van der Waals surface area contributed by atoms with Crippen LogP contribution < -0.4 is 0 Å². The fraction of sp³-hybridized carbons (Fsp3) is 0.273. The molecule has 2 rings (SSSR count). The van der Waals surface area contributed by atoms with E-state index in [0.717, 1.165) is 22.7 Å². The molecule has 0 saturated heterocycles. The third-order valence-electron chi connectivity index (χ3n) is 2.22. The van der Waals surface area contributed by atoms with Gasteiger partial charge in [0.05, 0.1) is 10.9 Å². The zero-order valence-corrected chi connectivity index (χ0v) is 9.29. The van der Waals surface area contributed by atoms with Crippen LogP contribution in [0.3, 0.4) is 0 Å². The average Bonchev–Trinajstić information content (AvgIpc) is 2.84. The van der Waals surface area contributed by atoms with Crippen LogP contribution in [0, 0.1) is 11.3 Å². The van der Waals surface area contributed by atoms with Gasteiger partial charge in [-0.25, -0.2) is 0 Å². The highest BCUT2D eigenvalue weighted by molar-refractivity contribution is 7.13. The Balaban J connectivity index is 2.39. The van der Waals surface area contributed by atoms with Gasteiger partial charge >= 0.3 is 0 Å². The lowest BCUT2D eigenvalue weighted by atomic mass is 10.3. The second kappa shape index (κ2) is 4.28. The van der Waals surface area contributed by atoms with Crippen LogP contribution in [-0.2, 0) is 13.0 Å². The molecule has 0 atom stereocenters.